The molecule has 3 nitrogen and oxygen atoms in total. The van der Waals surface area contributed by atoms with Crippen molar-refractivity contribution in [2.75, 3.05) is 0 Å². The zero-order chi connectivity index (χ0) is 8.27. The van der Waals surface area contributed by atoms with Gasteiger partial charge in [0, 0.05) is 12.8 Å². The van der Waals surface area contributed by atoms with Crippen LogP contribution in [0.4, 0.5) is 0 Å². The van der Waals surface area contributed by atoms with Crippen LogP contribution in [0.15, 0.2) is 0 Å². The van der Waals surface area contributed by atoms with E-state index in [1.54, 1.807) is 0 Å². The largest absolute Gasteiger partial charge is 0.481 e. The first-order valence-electron chi connectivity index (χ1n) is 3.94. The molecular formula is C8H12O3. The van der Waals surface area contributed by atoms with Crippen molar-refractivity contribution in [3.63, 3.8) is 0 Å². The fourth-order valence-electron chi connectivity index (χ4n) is 1.40. The summed E-state index contributed by atoms with van der Waals surface area (Å²) in [7, 11) is 0. The Labute approximate surface area is 65.4 Å². The number of carbonyl (C=O) groups excluding carboxylic acids is 1. The van der Waals surface area contributed by atoms with E-state index >= 15 is 0 Å². The van der Waals surface area contributed by atoms with E-state index in [1.165, 1.54) is 0 Å². The van der Waals surface area contributed by atoms with Gasteiger partial charge in [0.1, 0.15) is 5.78 Å². The van der Waals surface area contributed by atoms with Crippen LogP contribution in [-0.2, 0) is 9.59 Å². The average molecular weight is 156 g/mol. The molecule has 1 aliphatic rings. The Balaban J connectivity index is 2.46. The third-order valence-corrected chi connectivity index (χ3v) is 2.13. The number of rotatable bonds is 1. The molecule has 0 aromatic rings. The van der Waals surface area contributed by atoms with Gasteiger partial charge in [-0.05, 0) is 19.3 Å². The van der Waals surface area contributed by atoms with Crippen LogP contribution in [0.1, 0.15) is 32.1 Å². The summed E-state index contributed by atoms with van der Waals surface area (Å²) in [6, 6.07) is 0. The van der Waals surface area contributed by atoms with E-state index in [2.05, 4.69) is 0 Å². The van der Waals surface area contributed by atoms with Crippen molar-refractivity contribution in [3.8, 4) is 0 Å². The molecule has 0 radical (unpaired) electrons. The number of ketones is 1. The first-order valence-corrected chi connectivity index (χ1v) is 3.94. The summed E-state index contributed by atoms with van der Waals surface area (Å²) in [5.41, 5.74) is 0. The van der Waals surface area contributed by atoms with Gasteiger partial charge in [-0.1, -0.05) is 0 Å². The molecule has 1 aliphatic carbocycles. The summed E-state index contributed by atoms with van der Waals surface area (Å²) in [6.45, 7) is 0. The molecule has 0 aromatic heterocycles. The lowest BCUT2D eigenvalue weighted by Crippen LogP contribution is -2.12. The van der Waals surface area contributed by atoms with E-state index in [9.17, 15) is 9.59 Å². The van der Waals surface area contributed by atoms with E-state index < -0.39 is 5.97 Å². The highest BCUT2D eigenvalue weighted by molar-refractivity contribution is 5.80. The van der Waals surface area contributed by atoms with Crippen LogP contribution in [0.5, 0.6) is 0 Å². The topological polar surface area (TPSA) is 54.4 Å². The van der Waals surface area contributed by atoms with Gasteiger partial charge in [-0.2, -0.15) is 0 Å². The summed E-state index contributed by atoms with van der Waals surface area (Å²) >= 11 is 0. The minimum atomic E-state index is -0.750. The summed E-state index contributed by atoms with van der Waals surface area (Å²) in [6.07, 6.45) is 2.98. The molecule has 3 heteroatoms. The molecule has 1 saturated carbocycles. The minimum Gasteiger partial charge on any atom is -0.481 e. The van der Waals surface area contributed by atoms with Gasteiger partial charge in [0.25, 0.3) is 0 Å². The van der Waals surface area contributed by atoms with E-state index in [1.807, 2.05) is 0 Å². The lowest BCUT2D eigenvalue weighted by Gasteiger charge is -2.05. The number of Topliss-reactive ketones (excluding diaryl/α,β-unsaturated/α-hetero) is 1. The number of hydrogen-bond acceptors (Lipinski definition) is 2. The first kappa shape index (κ1) is 8.24. The number of carbonyl (C=O) groups is 2. The zero-order valence-electron chi connectivity index (χ0n) is 6.38. The number of hydrogen-bond donors (Lipinski definition) is 1. The van der Waals surface area contributed by atoms with Crippen molar-refractivity contribution >= 4 is 11.8 Å². The van der Waals surface area contributed by atoms with E-state index in [-0.39, 0.29) is 11.7 Å². The lowest BCUT2D eigenvalue weighted by molar-refractivity contribution is -0.142. The molecule has 1 N–H and O–H groups in total. The molecule has 0 aliphatic heterocycles. The van der Waals surface area contributed by atoms with Crippen molar-refractivity contribution in [1.29, 1.82) is 0 Å². The smallest absolute Gasteiger partial charge is 0.306 e. The second kappa shape index (κ2) is 3.51. The van der Waals surface area contributed by atoms with Crippen LogP contribution in [0, 0.1) is 5.92 Å². The second-order valence-corrected chi connectivity index (χ2v) is 3.00. The highest BCUT2D eigenvalue weighted by Crippen LogP contribution is 2.20. The fraction of sp³-hybridized carbons (Fsp3) is 0.750. The third kappa shape index (κ3) is 2.33. The predicted molar refractivity (Wildman–Crippen MR) is 39.2 cm³/mol. The van der Waals surface area contributed by atoms with Gasteiger partial charge in [-0.15, -0.1) is 0 Å². The predicted octanol–water partition coefficient (Wildman–Crippen LogP) is 1.22. The Kier molecular flexibility index (Phi) is 2.63. The molecule has 1 unspecified atom stereocenters. The van der Waals surface area contributed by atoms with Gasteiger partial charge >= 0.3 is 5.97 Å². The SMILES string of the molecule is O=C1CCCC(C(=O)O)CC1. The first-order chi connectivity index (χ1) is 5.20. The van der Waals surface area contributed by atoms with Crippen LogP contribution < -0.4 is 0 Å². The van der Waals surface area contributed by atoms with Crippen molar-refractivity contribution in [1.82, 2.24) is 0 Å². The monoisotopic (exact) mass is 156 g/mol. The third-order valence-electron chi connectivity index (χ3n) is 2.13. The molecule has 0 heterocycles. The van der Waals surface area contributed by atoms with Crippen molar-refractivity contribution in [3.05, 3.63) is 0 Å². The Morgan fingerprint density at radius 2 is 2.09 bits per heavy atom. The highest BCUT2D eigenvalue weighted by Gasteiger charge is 2.21. The normalized spacial score (nSPS) is 26.2. The van der Waals surface area contributed by atoms with Gasteiger partial charge in [0.15, 0.2) is 0 Å². The van der Waals surface area contributed by atoms with E-state index in [0.717, 1.165) is 6.42 Å². The molecule has 1 fully saturated rings. The van der Waals surface area contributed by atoms with Crippen molar-refractivity contribution in [2.24, 2.45) is 5.92 Å². The van der Waals surface area contributed by atoms with Gasteiger partial charge in [0.2, 0.25) is 0 Å². The average Bonchev–Trinajstić information content (AvgIpc) is 2.13. The zero-order valence-corrected chi connectivity index (χ0v) is 6.38. The molecule has 0 aromatic carbocycles. The molecule has 62 valence electrons. The lowest BCUT2D eigenvalue weighted by atomic mass is 10.0. The Morgan fingerprint density at radius 1 is 1.36 bits per heavy atom. The number of carboxylic acids is 1. The van der Waals surface area contributed by atoms with Gasteiger partial charge in [-0.25, -0.2) is 0 Å². The number of carboxylic acid groups (broad SMARTS) is 1. The number of aliphatic carboxylic acids is 1. The molecule has 11 heavy (non-hydrogen) atoms. The second-order valence-electron chi connectivity index (χ2n) is 3.00. The minimum absolute atomic E-state index is 0.216. The maximum Gasteiger partial charge on any atom is 0.306 e. The summed E-state index contributed by atoms with van der Waals surface area (Å²) < 4.78 is 0. The van der Waals surface area contributed by atoms with Crippen molar-refractivity contribution in [2.45, 2.75) is 32.1 Å². The van der Waals surface area contributed by atoms with Gasteiger partial charge < -0.3 is 5.11 Å². The molecular weight excluding hydrogens is 144 g/mol. The molecule has 0 saturated heterocycles. The van der Waals surface area contributed by atoms with E-state index in [4.69, 9.17) is 5.11 Å². The quantitative estimate of drug-likeness (QED) is 0.581. The van der Waals surface area contributed by atoms with Crippen LogP contribution in [0.2, 0.25) is 0 Å². The molecule has 0 amide bonds. The molecule has 1 rings (SSSR count). The van der Waals surface area contributed by atoms with Crippen LogP contribution in [0.3, 0.4) is 0 Å². The van der Waals surface area contributed by atoms with Crippen LogP contribution >= 0.6 is 0 Å². The molecule has 0 spiro atoms. The van der Waals surface area contributed by atoms with Crippen LogP contribution in [-0.4, -0.2) is 16.9 Å². The van der Waals surface area contributed by atoms with Crippen LogP contribution in [0.25, 0.3) is 0 Å². The summed E-state index contributed by atoms with van der Waals surface area (Å²) in [5, 5.41) is 8.64. The Hall–Kier alpha value is -0.860. The summed E-state index contributed by atoms with van der Waals surface area (Å²) in [5.74, 6) is -0.810. The molecule has 1 atom stereocenters. The maximum absolute atomic E-state index is 10.9. The van der Waals surface area contributed by atoms with Gasteiger partial charge in [0.05, 0.1) is 5.92 Å². The Morgan fingerprint density at radius 3 is 2.73 bits per heavy atom. The van der Waals surface area contributed by atoms with Gasteiger partial charge in [-0.3, -0.25) is 9.59 Å². The summed E-state index contributed by atoms with van der Waals surface area (Å²) in [4.78, 5) is 21.4. The van der Waals surface area contributed by atoms with Crippen molar-refractivity contribution < 1.29 is 14.7 Å². The standard InChI is InChI=1S/C8H12O3/c9-7-3-1-2-6(4-5-7)8(10)11/h6H,1-5H2,(H,10,11). The maximum atomic E-state index is 10.9. The highest BCUT2D eigenvalue weighted by atomic mass is 16.4. The molecule has 0 bridgehead atoms. The Bertz CT molecular complexity index is 174. The van der Waals surface area contributed by atoms with E-state index in [0.29, 0.717) is 25.7 Å². The fourth-order valence-corrected chi connectivity index (χ4v) is 1.40.